The molecule has 26 heavy (non-hydrogen) atoms. The van der Waals surface area contributed by atoms with Crippen molar-refractivity contribution >= 4 is 15.8 Å². The van der Waals surface area contributed by atoms with E-state index in [-0.39, 0.29) is 11.7 Å². The van der Waals surface area contributed by atoms with Crippen molar-refractivity contribution in [1.29, 1.82) is 0 Å². The quantitative estimate of drug-likeness (QED) is 0.621. The smallest absolute Gasteiger partial charge is 0.193 e. The van der Waals surface area contributed by atoms with Crippen LogP contribution in [0, 0.1) is 5.92 Å². The summed E-state index contributed by atoms with van der Waals surface area (Å²) in [6.07, 6.45) is 1.63. The van der Waals surface area contributed by atoms with Gasteiger partial charge in [-0.15, -0.1) is 0 Å². The van der Waals surface area contributed by atoms with Gasteiger partial charge in [0.25, 0.3) is 0 Å². The fraction of sp³-hybridized carbons (Fsp3) is 0.611. The number of hydrogen-bond acceptors (Lipinski definition) is 5. The van der Waals surface area contributed by atoms with E-state index in [0.29, 0.717) is 12.3 Å². The molecule has 1 N–H and O–H groups in total. The first-order valence-electron chi connectivity index (χ1n) is 8.85. The zero-order valence-electron chi connectivity index (χ0n) is 15.6. The van der Waals surface area contributed by atoms with E-state index in [2.05, 4.69) is 15.2 Å². The lowest BCUT2D eigenvalue weighted by molar-refractivity contribution is 0.345. The van der Waals surface area contributed by atoms with Crippen LogP contribution >= 0.6 is 0 Å². The molecule has 1 aromatic rings. The molecule has 3 rings (SSSR count). The summed E-state index contributed by atoms with van der Waals surface area (Å²) in [5.74, 6) is 3.04. The Hall–Kier alpha value is -1.96. The van der Waals surface area contributed by atoms with Crippen LogP contribution in [-0.4, -0.2) is 65.1 Å². The van der Waals surface area contributed by atoms with Crippen LogP contribution in [0.3, 0.4) is 0 Å². The van der Waals surface area contributed by atoms with E-state index in [0.717, 1.165) is 43.4 Å². The molecule has 2 aliphatic rings. The van der Waals surface area contributed by atoms with Crippen LogP contribution in [0.1, 0.15) is 17.5 Å². The van der Waals surface area contributed by atoms with E-state index in [1.807, 2.05) is 12.1 Å². The number of methoxy groups -OCH3 is 2. The molecule has 0 bridgehead atoms. The fourth-order valence-corrected chi connectivity index (χ4v) is 5.53. The Labute approximate surface area is 155 Å². The molecule has 0 aliphatic carbocycles. The number of fused-ring (bicyclic) bond motifs is 1. The van der Waals surface area contributed by atoms with E-state index in [1.54, 1.807) is 21.3 Å². The van der Waals surface area contributed by atoms with Gasteiger partial charge in [-0.2, -0.15) is 0 Å². The Morgan fingerprint density at radius 2 is 1.96 bits per heavy atom. The molecule has 144 valence electrons. The van der Waals surface area contributed by atoms with Crippen molar-refractivity contribution in [1.82, 2.24) is 10.2 Å². The van der Waals surface area contributed by atoms with E-state index >= 15 is 0 Å². The van der Waals surface area contributed by atoms with Crippen molar-refractivity contribution in [3.63, 3.8) is 0 Å². The maximum Gasteiger partial charge on any atom is 0.193 e. The molecule has 1 aromatic carbocycles. The van der Waals surface area contributed by atoms with Gasteiger partial charge in [0.2, 0.25) is 0 Å². The number of ether oxygens (including phenoxy) is 2. The SMILES string of the molecule is CN=C(NCC1CCS(=O)(=O)C1)N1CCc2cc(OC)c(OC)cc2C1. The van der Waals surface area contributed by atoms with Gasteiger partial charge in [0, 0.05) is 26.7 Å². The third-order valence-electron chi connectivity index (χ3n) is 5.10. The Morgan fingerprint density at radius 1 is 1.27 bits per heavy atom. The molecule has 1 saturated heterocycles. The van der Waals surface area contributed by atoms with Crippen molar-refractivity contribution in [2.75, 3.05) is 45.9 Å². The van der Waals surface area contributed by atoms with Crippen molar-refractivity contribution in [3.8, 4) is 11.5 Å². The van der Waals surface area contributed by atoms with Crippen molar-refractivity contribution in [2.45, 2.75) is 19.4 Å². The maximum absolute atomic E-state index is 11.6. The van der Waals surface area contributed by atoms with Gasteiger partial charge in [0.05, 0.1) is 25.7 Å². The summed E-state index contributed by atoms with van der Waals surface area (Å²) in [7, 11) is 2.20. The zero-order chi connectivity index (χ0) is 18.7. The van der Waals surface area contributed by atoms with Crippen molar-refractivity contribution in [2.24, 2.45) is 10.9 Å². The molecule has 1 atom stereocenters. The van der Waals surface area contributed by atoms with Gasteiger partial charge in [-0.3, -0.25) is 4.99 Å². The van der Waals surface area contributed by atoms with Crippen LogP contribution in [-0.2, 0) is 22.8 Å². The zero-order valence-corrected chi connectivity index (χ0v) is 16.4. The standard InChI is InChI=1S/C18H27N3O4S/c1-19-18(20-10-13-5-7-26(22,23)12-13)21-6-4-14-8-16(24-2)17(25-3)9-15(14)11-21/h8-9,13H,4-7,10-12H2,1-3H3,(H,19,20). The number of benzene rings is 1. The summed E-state index contributed by atoms with van der Waals surface area (Å²) in [5, 5.41) is 3.36. The maximum atomic E-state index is 11.6. The molecule has 0 aromatic heterocycles. The van der Waals surface area contributed by atoms with Gasteiger partial charge in [-0.25, -0.2) is 8.42 Å². The molecule has 2 heterocycles. The van der Waals surface area contributed by atoms with Crippen LogP contribution in [0.2, 0.25) is 0 Å². The number of nitrogens with zero attached hydrogens (tertiary/aromatic N) is 2. The number of sulfone groups is 1. The Kier molecular flexibility index (Phi) is 5.60. The first kappa shape index (κ1) is 18.8. The van der Waals surface area contributed by atoms with E-state index < -0.39 is 9.84 Å². The summed E-state index contributed by atoms with van der Waals surface area (Å²) in [4.78, 5) is 6.58. The molecule has 0 amide bonds. The highest BCUT2D eigenvalue weighted by atomic mass is 32.2. The number of hydrogen-bond donors (Lipinski definition) is 1. The summed E-state index contributed by atoms with van der Waals surface area (Å²) in [5.41, 5.74) is 2.46. The molecule has 1 fully saturated rings. The predicted molar refractivity (Wildman–Crippen MR) is 102 cm³/mol. The average molecular weight is 381 g/mol. The van der Waals surface area contributed by atoms with Crippen LogP contribution in [0.4, 0.5) is 0 Å². The first-order chi connectivity index (χ1) is 12.5. The minimum atomic E-state index is -2.85. The van der Waals surface area contributed by atoms with Gasteiger partial charge in [0.15, 0.2) is 27.3 Å². The molecule has 7 nitrogen and oxygen atoms in total. The molecule has 8 heteroatoms. The fourth-order valence-electron chi connectivity index (χ4n) is 3.66. The Balaban J connectivity index is 1.66. The normalized spacial score (nSPS) is 22.0. The minimum Gasteiger partial charge on any atom is -0.493 e. The Bertz CT molecular complexity index is 792. The second-order valence-electron chi connectivity index (χ2n) is 6.84. The summed E-state index contributed by atoms with van der Waals surface area (Å²) in [6.45, 7) is 2.23. The number of nitrogens with one attached hydrogen (secondary N) is 1. The van der Waals surface area contributed by atoms with Gasteiger partial charge in [-0.05, 0) is 42.0 Å². The second kappa shape index (κ2) is 7.73. The van der Waals surface area contributed by atoms with Crippen LogP contribution in [0.5, 0.6) is 11.5 Å². The largest absolute Gasteiger partial charge is 0.493 e. The average Bonchev–Trinajstić information content (AvgIpc) is 2.99. The van der Waals surface area contributed by atoms with Crippen LogP contribution in [0.15, 0.2) is 17.1 Å². The molecule has 2 aliphatic heterocycles. The molecule has 0 saturated carbocycles. The molecule has 1 unspecified atom stereocenters. The molecular weight excluding hydrogens is 354 g/mol. The van der Waals surface area contributed by atoms with E-state index in [9.17, 15) is 8.42 Å². The highest BCUT2D eigenvalue weighted by molar-refractivity contribution is 7.91. The minimum absolute atomic E-state index is 0.165. The monoisotopic (exact) mass is 381 g/mol. The lowest BCUT2D eigenvalue weighted by Gasteiger charge is -2.32. The molecule has 0 spiro atoms. The summed E-state index contributed by atoms with van der Waals surface area (Å²) < 4.78 is 34.0. The highest BCUT2D eigenvalue weighted by Gasteiger charge is 2.28. The number of aliphatic imine (C=N–C) groups is 1. The van der Waals surface area contributed by atoms with Gasteiger partial charge in [-0.1, -0.05) is 0 Å². The van der Waals surface area contributed by atoms with Crippen LogP contribution < -0.4 is 14.8 Å². The Morgan fingerprint density at radius 3 is 2.54 bits per heavy atom. The second-order valence-corrected chi connectivity index (χ2v) is 9.07. The van der Waals surface area contributed by atoms with Gasteiger partial charge in [0.1, 0.15) is 0 Å². The van der Waals surface area contributed by atoms with Gasteiger partial charge >= 0.3 is 0 Å². The van der Waals surface area contributed by atoms with Crippen molar-refractivity contribution < 1.29 is 17.9 Å². The highest BCUT2D eigenvalue weighted by Crippen LogP contribution is 2.33. The predicted octanol–water partition coefficient (Wildman–Crippen LogP) is 1.07. The number of guanidine groups is 1. The lowest BCUT2D eigenvalue weighted by Crippen LogP contribution is -2.45. The topological polar surface area (TPSA) is 80.2 Å². The summed E-state index contributed by atoms with van der Waals surface area (Å²) >= 11 is 0. The van der Waals surface area contributed by atoms with Gasteiger partial charge < -0.3 is 19.7 Å². The summed E-state index contributed by atoms with van der Waals surface area (Å²) in [6, 6.07) is 4.07. The third kappa shape index (κ3) is 4.06. The van der Waals surface area contributed by atoms with Crippen LogP contribution in [0.25, 0.3) is 0 Å². The van der Waals surface area contributed by atoms with E-state index in [4.69, 9.17) is 9.47 Å². The van der Waals surface area contributed by atoms with Crippen molar-refractivity contribution in [3.05, 3.63) is 23.3 Å². The first-order valence-corrected chi connectivity index (χ1v) is 10.7. The molecule has 0 radical (unpaired) electrons. The number of rotatable bonds is 4. The van der Waals surface area contributed by atoms with E-state index in [1.165, 1.54) is 11.1 Å². The molecular formula is C18H27N3O4S. The third-order valence-corrected chi connectivity index (χ3v) is 6.94. The lowest BCUT2D eigenvalue weighted by atomic mass is 9.99.